The summed E-state index contributed by atoms with van der Waals surface area (Å²) in [5.41, 5.74) is 0.0584. The number of fused-ring (bicyclic) bond motifs is 1. The Morgan fingerprint density at radius 2 is 1.84 bits per heavy atom. The average molecular weight is 544 g/mol. The number of ether oxygens (including phenoxy) is 1. The van der Waals surface area contributed by atoms with Crippen LogP contribution in [0.1, 0.15) is 0 Å². The lowest BCUT2D eigenvalue weighted by molar-refractivity contribution is 0.412. The van der Waals surface area contributed by atoms with Gasteiger partial charge >= 0.3 is 0 Å². The maximum atomic E-state index is 15.3. The van der Waals surface area contributed by atoms with Gasteiger partial charge < -0.3 is 9.26 Å². The first-order valence-electron chi connectivity index (χ1n) is 10.6. The number of nitrogens with zero attached hydrogens (tertiary/aromatic N) is 2. The average Bonchev–Trinajstić information content (AvgIpc) is 3.35. The predicted octanol–water partition coefficient (Wildman–Crippen LogP) is 5.39. The first kappa shape index (κ1) is 24.5. The summed E-state index contributed by atoms with van der Waals surface area (Å²) >= 11 is 5.93. The molecule has 12 heteroatoms. The highest BCUT2D eigenvalue weighted by molar-refractivity contribution is 7.92. The third-order valence-corrected chi connectivity index (χ3v) is 7.11. The minimum Gasteiger partial charge on any atom is -0.495 e. The van der Waals surface area contributed by atoms with Gasteiger partial charge in [0.1, 0.15) is 23.6 Å². The monoisotopic (exact) mass is 543 g/mol. The van der Waals surface area contributed by atoms with Gasteiger partial charge in [-0.3, -0.25) is 14.1 Å². The zero-order chi connectivity index (χ0) is 26.3. The molecule has 0 radical (unpaired) electrons. The number of aromatic nitrogens is 2. The number of benzene rings is 3. The molecular weight excluding hydrogens is 528 g/mol. The Hall–Kier alpha value is -4.22. The van der Waals surface area contributed by atoms with Crippen molar-refractivity contribution in [1.29, 1.82) is 0 Å². The summed E-state index contributed by atoms with van der Waals surface area (Å²) in [5.74, 6) is -1.27. The van der Waals surface area contributed by atoms with E-state index in [0.29, 0.717) is 10.9 Å². The Balaban J connectivity index is 1.65. The van der Waals surface area contributed by atoms with E-state index >= 15 is 4.39 Å². The van der Waals surface area contributed by atoms with Crippen molar-refractivity contribution in [3.05, 3.63) is 100 Å². The zero-order valence-corrected chi connectivity index (χ0v) is 20.5. The summed E-state index contributed by atoms with van der Waals surface area (Å²) in [7, 11) is -2.67. The highest BCUT2D eigenvalue weighted by Gasteiger charge is 2.20. The van der Waals surface area contributed by atoms with Gasteiger partial charge in [-0.15, -0.1) is 0 Å². The predicted molar refractivity (Wildman–Crippen MR) is 134 cm³/mol. The second-order valence-electron chi connectivity index (χ2n) is 7.88. The molecule has 0 atom stereocenters. The molecule has 0 aliphatic carbocycles. The van der Waals surface area contributed by atoms with Crippen LogP contribution >= 0.6 is 11.6 Å². The molecule has 0 aliphatic rings. The molecule has 188 valence electrons. The van der Waals surface area contributed by atoms with Crippen LogP contribution in [0.3, 0.4) is 0 Å². The van der Waals surface area contributed by atoms with Gasteiger partial charge in [-0.05, 0) is 54.1 Å². The molecule has 0 amide bonds. The van der Waals surface area contributed by atoms with E-state index < -0.39 is 27.2 Å². The van der Waals surface area contributed by atoms with Gasteiger partial charge in [0.25, 0.3) is 15.6 Å². The fraction of sp³-hybridized carbons (Fsp3) is 0.0400. The van der Waals surface area contributed by atoms with Crippen LogP contribution in [0.25, 0.3) is 27.7 Å². The lowest BCUT2D eigenvalue weighted by Gasteiger charge is -2.16. The Labute approximate surface area is 213 Å². The second-order valence-corrected chi connectivity index (χ2v) is 10.00. The number of hydrogen-bond acceptors (Lipinski definition) is 6. The highest BCUT2D eigenvalue weighted by Crippen LogP contribution is 2.35. The normalized spacial score (nSPS) is 11.6. The summed E-state index contributed by atoms with van der Waals surface area (Å²) in [6.45, 7) is 0. The van der Waals surface area contributed by atoms with Gasteiger partial charge in [-0.1, -0.05) is 16.8 Å². The molecule has 0 aliphatic heterocycles. The van der Waals surface area contributed by atoms with E-state index in [1.807, 2.05) is 0 Å². The first-order valence-corrected chi connectivity index (χ1v) is 12.5. The molecule has 2 heterocycles. The molecule has 0 spiro atoms. The van der Waals surface area contributed by atoms with Crippen molar-refractivity contribution in [2.45, 2.75) is 4.90 Å². The van der Waals surface area contributed by atoms with E-state index in [1.54, 1.807) is 0 Å². The van der Waals surface area contributed by atoms with Crippen LogP contribution < -0.4 is 15.0 Å². The van der Waals surface area contributed by atoms with E-state index in [1.165, 1.54) is 66.5 Å². The summed E-state index contributed by atoms with van der Waals surface area (Å²) in [6.07, 6.45) is 1.22. The van der Waals surface area contributed by atoms with Crippen molar-refractivity contribution in [2.24, 2.45) is 0 Å². The first-order chi connectivity index (χ1) is 17.7. The highest BCUT2D eigenvalue weighted by atomic mass is 35.5. The van der Waals surface area contributed by atoms with Crippen molar-refractivity contribution in [2.75, 3.05) is 11.8 Å². The third kappa shape index (κ3) is 4.66. The number of pyridine rings is 1. The van der Waals surface area contributed by atoms with Crippen LogP contribution in [0.4, 0.5) is 14.6 Å². The largest absolute Gasteiger partial charge is 0.495 e. The van der Waals surface area contributed by atoms with Crippen LogP contribution in [0.2, 0.25) is 5.02 Å². The van der Waals surface area contributed by atoms with E-state index in [2.05, 4.69) is 14.4 Å². The lowest BCUT2D eigenvalue weighted by atomic mass is 10.0. The number of nitrogens with one attached hydrogen (secondary N) is 1. The third-order valence-electron chi connectivity index (χ3n) is 5.54. The molecule has 1 N–H and O–H groups in total. The molecule has 3 aromatic carbocycles. The van der Waals surface area contributed by atoms with Gasteiger partial charge in [-0.2, -0.15) is 0 Å². The number of sulfonamides is 1. The SMILES string of the molecule is COc1cc(-c2cc(F)cc(Cl)c2)c(F)cc1-n1c(=O)ccc2cc(S(=O)(=O)Nc3ccon3)ccc21. The van der Waals surface area contributed by atoms with Crippen LogP contribution in [0.5, 0.6) is 5.75 Å². The van der Waals surface area contributed by atoms with Gasteiger partial charge in [-0.25, -0.2) is 17.2 Å². The van der Waals surface area contributed by atoms with E-state index in [4.69, 9.17) is 16.3 Å². The summed E-state index contributed by atoms with van der Waals surface area (Å²) in [6, 6.07) is 14.2. The standard InChI is InChI=1S/C25H16ClF2N3O5S/c1-35-23-12-19(15-8-16(26)11-17(27)9-15)20(28)13-22(23)31-21-4-3-18(10-14(21)2-5-25(31)32)37(33,34)30-24-6-7-36-29-24/h2-13H,1H3,(H,29,30). The number of anilines is 1. The summed E-state index contributed by atoms with van der Waals surface area (Å²) in [4.78, 5) is 12.8. The molecule has 0 saturated carbocycles. The van der Waals surface area contributed by atoms with Gasteiger partial charge in [0.05, 0.1) is 23.2 Å². The number of methoxy groups -OCH3 is 1. The Kier molecular flexibility index (Phi) is 6.18. The molecule has 2 aromatic heterocycles. The van der Waals surface area contributed by atoms with Crippen molar-refractivity contribution >= 4 is 38.3 Å². The molecule has 0 bridgehead atoms. The molecular formula is C25H16ClF2N3O5S. The molecule has 5 aromatic rings. The van der Waals surface area contributed by atoms with Crippen molar-refractivity contribution in [3.63, 3.8) is 0 Å². The Bertz CT molecular complexity index is 1800. The van der Waals surface area contributed by atoms with Gasteiger partial charge in [0, 0.05) is 34.2 Å². The fourth-order valence-corrected chi connectivity index (χ4v) is 5.16. The van der Waals surface area contributed by atoms with Crippen LogP contribution in [-0.2, 0) is 10.0 Å². The van der Waals surface area contributed by atoms with Crippen LogP contribution in [0, 0.1) is 11.6 Å². The number of hydrogen-bond donors (Lipinski definition) is 1. The minimum absolute atomic E-state index is 0.00459. The molecule has 0 unspecified atom stereocenters. The fourth-order valence-electron chi connectivity index (χ4n) is 3.91. The molecule has 8 nitrogen and oxygen atoms in total. The van der Waals surface area contributed by atoms with Crippen LogP contribution in [-0.4, -0.2) is 25.3 Å². The van der Waals surface area contributed by atoms with E-state index in [-0.39, 0.29) is 38.3 Å². The van der Waals surface area contributed by atoms with E-state index in [0.717, 1.165) is 18.2 Å². The molecule has 0 fully saturated rings. The Morgan fingerprint density at radius 3 is 2.54 bits per heavy atom. The van der Waals surface area contributed by atoms with Crippen molar-refractivity contribution in [3.8, 4) is 22.6 Å². The molecule has 5 rings (SSSR count). The van der Waals surface area contributed by atoms with Gasteiger partial charge in [0.15, 0.2) is 5.82 Å². The maximum absolute atomic E-state index is 15.3. The second kappa shape index (κ2) is 9.34. The Morgan fingerprint density at radius 1 is 1.03 bits per heavy atom. The van der Waals surface area contributed by atoms with E-state index in [9.17, 15) is 17.6 Å². The van der Waals surface area contributed by atoms with Crippen molar-refractivity contribution in [1.82, 2.24) is 9.72 Å². The van der Waals surface area contributed by atoms with Crippen molar-refractivity contribution < 1.29 is 26.5 Å². The quantitative estimate of drug-likeness (QED) is 0.308. The molecule has 37 heavy (non-hydrogen) atoms. The van der Waals surface area contributed by atoms with Gasteiger partial charge in [0.2, 0.25) is 0 Å². The number of rotatable bonds is 6. The van der Waals surface area contributed by atoms with Crippen LogP contribution in [0.15, 0.2) is 87.2 Å². The smallest absolute Gasteiger partial charge is 0.263 e. The minimum atomic E-state index is -4.01. The lowest BCUT2D eigenvalue weighted by Crippen LogP contribution is -2.19. The maximum Gasteiger partial charge on any atom is 0.263 e. The molecule has 0 saturated heterocycles. The topological polar surface area (TPSA) is 103 Å². The zero-order valence-electron chi connectivity index (χ0n) is 18.9. The summed E-state index contributed by atoms with van der Waals surface area (Å²) < 4.78 is 68.3. The summed E-state index contributed by atoms with van der Waals surface area (Å²) in [5, 5.41) is 4.00. The number of halogens is 3.